The molecule has 1 heterocycles. The lowest BCUT2D eigenvalue weighted by molar-refractivity contribution is 0.462. The maximum atomic E-state index is 13.1. The average molecular weight is 249 g/mol. The molecule has 0 aliphatic rings. The maximum absolute atomic E-state index is 13.1. The Morgan fingerprint density at radius 3 is 2.89 bits per heavy atom. The van der Waals surface area contributed by atoms with Crippen LogP contribution in [0.25, 0.3) is 0 Å². The topological polar surface area (TPSA) is 60.9 Å². The Kier molecular flexibility index (Phi) is 3.50. The number of aryl methyl sites for hydroxylation is 1. The molecule has 1 atom stereocenters. The number of H-pyrrole nitrogens is 1. The van der Waals surface area contributed by atoms with Crippen LogP contribution in [-0.2, 0) is 6.42 Å². The Morgan fingerprint density at radius 2 is 2.22 bits per heavy atom. The molecule has 0 aliphatic carbocycles. The molecular weight excluding hydrogens is 233 g/mol. The number of benzene rings is 1. The van der Waals surface area contributed by atoms with Crippen LogP contribution in [0.15, 0.2) is 24.3 Å². The maximum Gasteiger partial charge on any atom is 0.148 e. The Hall–Kier alpha value is -2.04. The van der Waals surface area contributed by atoms with E-state index in [1.807, 2.05) is 19.9 Å². The van der Waals surface area contributed by atoms with Gasteiger partial charge in [0.2, 0.25) is 0 Å². The third kappa shape index (κ3) is 2.61. The summed E-state index contributed by atoms with van der Waals surface area (Å²) < 4.78 is 13.1. The van der Waals surface area contributed by atoms with Gasteiger partial charge in [0.1, 0.15) is 17.4 Å². The SMILES string of the molecule is CCc1cc(NC(C)c2cc(F)ccc2O)n[nH]1. The fraction of sp³-hybridized carbons (Fsp3) is 0.308. The summed E-state index contributed by atoms with van der Waals surface area (Å²) in [6.07, 6.45) is 0.869. The van der Waals surface area contributed by atoms with Gasteiger partial charge in [0.05, 0.1) is 6.04 Å². The van der Waals surface area contributed by atoms with Gasteiger partial charge < -0.3 is 10.4 Å². The second-order valence-corrected chi connectivity index (χ2v) is 4.20. The highest BCUT2D eigenvalue weighted by molar-refractivity contribution is 5.43. The van der Waals surface area contributed by atoms with Crippen LogP contribution >= 0.6 is 0 Å². The van der Waals surface area contributed by atoms with Crippen molar-refractivity contribution in [3.8, 4) is 5.75 Å². The number of nitrogens with one attached hydrogen (secondary N) is 2. The lowest BCUT2D eigenvalue weighted by Gasteiger charge is -2.14. The lowest BCUT2D eigenvalue weighted by Crippen LogP contribution is -2.07. The van der Waals surface area contributed by atoms with Gasteiger partial charge in [0.15, 0.2) is 0 Å². The summed E-state index contributed by atoms with van der Waals surface area (Å²) in [6, 6.07) is 5.57. The van der Waals surface area contributed by atoms with Crippen LogP contribution in [0.4, 0.5) is 10.2 Å². The van der Waals surface area contributed by atoms with Crippen LogP contribution in [0.2, 0.25) is 0 Å². The molecule has 0 saturated heterocycles. The Balaban J connectivity index is 2.16. The van der Waals surface area contributed by atoms with Crippen LogP contribution in [0.3, 0.4) is 0 Å². The standard InChI is InChI=1S/C13H16FN3O/c1-3-10-7-13(17-16-10)15-8(2)11-6-9(14)4-5-12(11)18/h4-8,18H,3H2,1-2H3,(H2,15,16,17). The van der Waals surface area contributed by atoms with Crippen molar-refractivity contribution in [2.24, 2.45) is 0 Å². The Morgan fingerprint density at radius 1 is 1.44 bits per heavy atom. The molecule has 2 aromatic rings. The van der Waals surface area contributed by atoms with E-state index >= 15 is 0 Å². The van der Waals surface area contributed by atoms with Gasteiger partial charge in [-0.3, -0.25) is 5.10 Å². The third-order valence-corrected chi connectivity index (χ3v) is 2.83. The van der Waals surface area contributed by atoms with Crippen molar-refractivity contribution in [2.75, 3.05) is 5.32 Å². The first-order valence-corrected chi connectivity index (χ1v) is 5.89. The van der Waals surface area contributed by atoms with Crippen molar-refractivity contribution in [1.82, 2.24) is 10.2 Å². The van der Waals surface area contributed by atoms with Crippen molar-refractivity contribution in [1.29, 1.82) is 0 Å². The summed E-state index contributed by atoms with van der Waals surface area (Å²) in [4.78, 5) is 0. The average Bonchev–Trinajstić information content (AvgIpc) is 2.80. The summed E-state index contributed by atoms with van der Waals surface area (Å²) in [5.74, 6) is 0.387. The number of phenols is 1. The summed E-state index contributed by atoms with van der Waals surface area (Å²) in [5.41, 5.74) is 1.53. The van der Waals surface area contributed by atoms with Gasteiger partial charge in [-0.25, -0.2) is 4.39 Å². The predicted molar refractivity (Wildman–Crippen MR) is 68.1 cm³/mol. The largest absolute Gasteiger partial charge is 0.508 e. The van der Waals surface area contributed by atoms with Gasteiger partial charge in [0.25, 0.3) is 0 Å². The van der Waals surface area contributed by atoms with Crippen molar-refractivity contribution in [3.05, 3.63) is 41.3 Å². The molecule has 0 radical (unpaired) electrons. The molecule has 0 aliphatic heterocycles. The number of hydrogen-bond donors (Lipinski definition) is 3. The molecule has 0 amide bonds. The zero-order valence-corrected chi connectivity index (χ0v) is 10.4. The summed E-state index contributed by atoms with van der Waals surface area (Å²) in [6.45, 7) is 3.87. The Labute approximate surface area is 105 Å². The first-order chi connectivity index (χ1) is 8.60. The smallest absolute Gasteiger partial charge is 0.148 e. The third-order valence-electron chi connectivity index (χ3n) is 2.83. The minimum absolute atomic E-state index is 0.0719. The molecule has 5 heteroatoms. The predicted octanol–water partition coefficient (Wildman–Crippen LogP) is 2.99. The fourth-order valence-corrected chi connectivity index (χ4v) is 1.79. The minimum Gasteiger partial charge on any atom is -0.508 e. The van der Waals surface area contributed by atoms with Gasteiger partial charge in [-0.05, 0) is 31.5 Å². The number of aromatic hydroxyl groups is 1. The number of hydrogen-bond acceptors (Lipinski definition) is 3. The number of phenolic OH excluding ortho intramolecular Hbond substituents is 1. The van der Waals surface area contributed by atoms with Crippen molar-refractivity contribution >= 4 is 5.82 Å². The quantitative estimate of drug-likeness (QED) is 0.780. The lowest BCUT2D eigenvalue weighted by atomic mass is 10.1. The van der Waals surface area contributed by atoms with Gasteiger partial charge in [-0.1, -0.05) is 6.92 Å². The molecule has 0 bridgehead atoms. The molecule has 4 nitrogen and oxygen atoms in total. The first kappa shape index (κ1) is 12.4. The number of aromatic nitrogens is 2. The molecule has 0 fully saturated rings. The van der Waals surface area contributed by atoms with Crippen LogP contribution in [0.5, 0.6) is 5.75 Å². The molecule has 3 N–H and O–H groups in total. The molecule has 1 aromatic carbocycles. The van der Waals surface area contributed by atoms with E-state index < -0.39 is 0 Å². The van der Waals surface area contributed by atoms with E-state index in [1.54, 1.807) is 0 Å². The number of anilines is 1. The molecular formula is C13H16FN3O. The summed E-state index contributed by atoms with van der Waals surface area (Å²) in [5, 5.41) is 19.8. The van der Waals surface area contributed by atoms with E-state index in [2.05, 4.69) is 15.5 Å². The molecule has 2 rings (SSSR count). The van der Waals surface area contributed by atoms with E-state index in [4.69, 9.17) is 0 Å². The molecule has 96 valence electrons. The zero-order chi connectivity index (χ0) is 13.1. The molecule has 1 unspecified atom stereocenters. The highest BCUT2D eigenvalue weighted by atomic mass is 19.1. The number of aromatic amines is 1. The van der Waals surface area contributed by atoms with E-state index in [1.165, 1.54) is 18.2 Å². The normalized spacial score (nSPS) is 12.4. The van der Waals surface area contributed by atoms with Gasteiger partial charge >= 0.3 is 0 Å². The monoisotopic (exact) mass is 249 g/mol. The minimum atomic E-state index is -0.368. The van der Waals surface area contributed by atoms with Crippen LogP contribution in [0.1, 0.15) is 31.1 Å². The van der Waals surface area contributed by atoms with Gasteiger partial charge in [-0.2, -0.15) is 5.10 Å². The van der Waals surface area contributed by atoms with Crippen molar-refractivity contribution < 1.29 is 9.50 Å². The van der Waals surface area contributed by atoms with E-state index in [-0.39, 0.29) is 17.6 Å². The van der Waals surface area contributed by atoms with Gasteiger partial charge in [-0.15, -0.1) is 0 Å². The van der Waals surface area contributed by atoms with E-state index in [0.717, 1.165) is 12.1 Å². The van der Waals surface area contributed by atoms with Crippen LogP contribution in [-0.4, -0.2) is 15.3 Å². The number of halogens is 1. The summed E-state index contributed by atoms with van der Waals surface area (Å²) >= 11 is 0. The van der Waals surface area contributed by atoms with E-state index in [0.29, 0.717) is 11.4 Å². The van der Waals surface area contributed by atoms with Gasteiger partial charge in [0, 0.05) is 17.3 Å². The Bertz CT molecular complexity index is 539. The zero-order valence-electron chi connectivity index (χ0n) is 10.4. The van der Waals surface area contributed by atoms with Crippen molar-refractivity contribution in [2.45, 2.75) is 26.3 Å². The molecule has 1 aromatic heterocycles. The van der Waals surface area contributed by atoms with Crippen LogP contribution in [0, 0.1) is 5.82 Å². The summed E-state index contributed by atoms with van der Waals surface area (Å²) in [7, 11) is 0. The second-order valence-electron chi connectivity index (χ2n) is 4.20. The number of rotatable bonds is 4. The molecule has 0 saturated carbocycles. The van der Waals surface area contributed by atoms with Crippen LogP contribution < -0.4 is 5.32 Å². The van der Waals surface area contributed by atoms with E-state index in [9.17, 15) is 9.50 Å². The highest BCUT2D eigenvalue weighted by Gasteiger charge is 2.12. The molecule has 0 spiro atoms. The number of nitrogens with zero attached hydrogens (tertiary/aromatic N) is 1. The first-order valence-electron chi connectivity index (χ1n) is 5.89. The molecule has 18 heavy (non-hydrogen) atoms. The fourth-order valence-electron chi connectivity index (χ4n) is 1.79. The second kappa shape index (κ2) is 5.08. The van der Waals surface area contributed by atoms with Crippen molar-refractivity contribution in [3.63, 3.8) is 0 Å². The highest BCUT2D eigenvalue weighted by Crippen LogP contribution is 2.27.